The molecule has 0 heterocycles. The van der Waals surface area contributed by atoms with E-state index in [1.54, 1.807) is 0 Å². The molecular formula is C38H35Cl2NOP+. The third kappa shape index (κ3) is 5.89. The van der Waals surface area contributed by atoms with Crippen molar-refractivity contribution in [1.29, 1.82) is 0 Å². The highest BCUT2D eigenvalue weighted by molar-refractivity contribution is 7.95. The second-order valence-corrected chi connectivity index (χ2v) is 15.7. The Morgan fingerprint density at radius 2 is 1.19 bits per heavy atom. The molecule has 0 bridgehead atoms. The van der Waals surface area contributed by atoms with Crippen LogP contribution >= 0.6 is 30.5 Å². The maximum absolute atomic E-state index is 14.1. The molecule has 2 atom stereocenters. The Hall–Kier alpha value is -3.42. The second-order valence-electron chi connectivity index (χ2n) is 11.2. The van der Waals surface area contributed by atoms with Crippen LogP contribution in [0.2, 0.25) is 10.0 Å². The summed E-state index contributed by atoms with van der Waals surface area (Å²) >= 11 is 12.6. The van der Waals surface area contributed by atoms with Gasteiger partial charge in [0.25, 0.3) is 0 Å². The summed E-state index contributed by atoms with van der Waals surface area (Å²) in [4.78, 5) is 16.1. The summed E-state index contributed by atoms with van der Waals surface area (Å²) < 4.78 is 0. The number of halogens is 2. The van der Waals surface area contributed by atoms with Gasteiger partial charge in [-0.05, 0) is 78.1 Å². The molecule has 0 radical (unpaired) electrons. The highest BCUT2D eigenvalue weighted by Crippen LogP contribution is 2.56. The largest absolute Gasteiger partial charge is 0.339 e. The molecule has 0 N–H and O–H groups in total. The Morgan fingerprint density at radius 3 is 1.72 bits per heavy atom. The van der Waals surface area contributed by atoms with Gasteiger partial charge in [-0.1, -0.05) is 108 Å². The molecule has 1 amide bonds. The van der Waals surface area contributed by atoms with Gasteiger partial charge in [0.05, 0.1) is 28.7 Å². The Kier molecular flexibility index (Phi) is 9.01. The molecule has 2 nitrogen and oxygen atoms in total. The van der Waals surface area contributed by atoms with E-state index in [1.807, 2.05) is 24.1 Å². The number of amides is 1. The summed E-state index contributed by atoms with van der Waals surface area (Å²) in [6.45, 7) is 0. The monoisotopic (exact) mass is 622 g/mol. The summed E-state index contributed by atoms with van der Waals surface area (Å²) in [6, 6.07) is 46.9. The SMILES string of the molecule is CN(C(=O)CC[P+](c1ccccc1)(c1ccccc1)c1ccccc1)[C@H]1CC[C@@H](c2ccc(Cl)c(Cl)c2)c2ccccc21. The van der Waals surface area contributed by atoms with Crippen molar-refractivity contribution < 1.29 is 4.79 Å². The molecule has 1 aliphatic rings. The van der Waals surface area contributed by atoms with Crippen LogP contribution < -0.4 is 15.9 Å². The Balaban J connectivity index is 1.31. The van der Waals surface area contributed by atoms with Crippen molar-refractivity contribution in [3.05, 3.63) is 160 Å². The lowest BCUT2D eigenvalue weighted by molar-refractivity contribution is -0.132. The molecule has 0 aromatic heterocycles. The van der Waals surface area contributed by atoms with Gasteiger partial charge < -0.3 is 4.90 Å². The van der Waals surface area contributed by atoms with Gasteiger partial charge in [-0.15, -0.1) is 0 Å². The molecule has 5 aromatic carbocycles. The lowest BCUT2D eigenvalue weighted by Crippen LogP contribution is -2.37. The number of hydrogen-bond donors (Lipinski definition) is 0. The first kappa shape index (κ1) is 29.6. The fourth-order valence-corrected chi connectivity index (χ4v) is 11.3. The van der Waals surface area contributed by atoms with Crippen molar-refractivity contribution in [2.75, 3.05) is 13.2 Å². The molecule has 0 spiro atoms. The molecule has 0 saturated heterocycles. The van der Waals surface area contributed by atoms with E-state index in [1.165, 1.54) is 27.0 Å². The van der Waals surface area contributed by atoms with Gasteiger partial charge in [0.2, 0.25) is 5.91 Å². The van der Waals surface area contributed by atoms with Gasteiger partial charge in [0.15, 0.2) is 0 Å². The average Bonchev–Trinajstić information content (AvgIpc) is 3.07. The quantitative estimate of drug-likeness (QED) is 0.158. The number of carbonyl (C=O) groups excluding carboxylic acids is 1. The van der Waals surface area contributed by atoms with Crippen molar-refractivity contribution in [3.8, 4) is 0 Å². The number of hydrogen-bond acceptors (Lipinski definition) is 1. The van der Waals surface area contributed by atoms with Crippen molar-refractivity contribution in [1.82, 2.24) is 4.90 Å². The van der Waals surface area contributed by atoms with Crippen LogP contribution in [0.15, 0.2) is 133 Å². The summed E-state index contributed by atoms with van der Waals surface area (Å²) in [6.07, 6.45) is 3.07. The smallest absolute Gasteiger partial charge is 0.226 e. The minimum atomic E-state index is -2.08. The van der Waals surface area contributed by atoms with Gasteiger partial charge in [-0.3, -0.25) is 4.79 Å². The van der Waals surface area contributed by atoms with Crippen LogP contribution in [0.1, 0.15) is 47.9 Å². The Labute approximate surface area is 265 Å². The lowest BCUT2D eigenvalue weighted by Gasteiger charge is -2.37. The maximum Gasteiger partial charge on any atom is 0.226 e. The molecule has 5 heteroatoms. The van der Waals surface area contributed by atoms with E-state index in [0.717, 1.165) is 24.6 Å². The molecule has 0 fully saturated rings. The first-order chi connectivity index (χ1) is 21.0. The molecule has 6 rings (SSSR count). The molecule has 216 valence electrons. The maximum atomic E-state index is 14.1. The fourth-order valence-electron chi connectivity index (χ4n) is 6.74. The van der Waals surface area contributed by atoms with E-state index in [4.69, 9.17) is 23.2 Å². The highest BCUT2D eigenvalue weighted by Gasteiger charge is 2.45. The van der Waals surface area contributed by atoms with Crippen molar-refractivity contribution >= 4 is 52.3 Å². The zero-order valence-corrected chi connectivity index (χ0v) is 26.6. The van der Waals surface area contributed by atoms with E-state index in [9.17, 15) is 4.79 Å². The Bertz CT molecular complexity index is 1600. The summed E-state index contributed by atoms with van der Waals surface area (Å²) in [7, 11) is -0.0995. The fraction of sp³-hybridized carbons (Fsp3) is 0.184. The van der Waals surface area contributed by atoms with Crippen LogP contribution in [0.3, 0.4) is 0 Å². The summed E-state index contributed by atoms with van der Waals surface area (Å²) in [5.41, 5.74) is 3.64. The van der Waals surface area contributed by atoms with Crippen molar-refractivity contribution in [2.45, 2.75) is 31.2 Å². The average molecular weight is 624 g/mol. The van der Waals surface area contributed by atoms with Gasteiger partial charge in [-0.2, -0.15) is 0 Å². The van der Waals surface area contributed by atoms with Crippen LogP contribution in [-0.4, -0.2) is 24.0 Å². The van der Waals surface area contributed by atoms with Crippen LogP contribution in [0, 0.1) is 0 Å². The van der Waals surface area contributed by atoms with Crippen LogP contribution in [0.4, 0.5) is 0 Å². The van der Waals surface area contributed by atoms with Gasteiger partial charge in [-0.25, -0.2) is 0 Å². The molecule has 0 unspecified atom stereocenters. The van der Waals surface area contributed by atoms with Crippen molar-refractivity contribution in [3.63, 3.8) is 0 Å². The van der Waals surface area contributed by atoms with E-state index in [0.29, 0.717) is 16.5 Å². The topological polar surface area (TPSA) is 20.3 Å². The van der Waals surface area contributed by atoms with Crippen molar-refractivity contribution in [2.24, 2.45) is 0 Å². The van der Waals surface area contributed by atoms with E-state index in [-0.39, 0.29) is 17.9 Å². The zero-order valence-electron chi connectivity index (χ0n) is 24.2. The van der Waals surface area contributed by atoms with Gasteiger partial charge >= 0.3 is 0 Å². The van der Waals surface area contributed by atoms with E-state index < -0.39 is 7.26 Å². The number of benzene rings is 5. The van der Waals surface area contributed by atoms with Gasteiger partial charge in [0, 0.05) is 13.0 Å². The van der Waals surface area contributed by atoms with Crippen LogP contribution in [0.25, 0.3) is 0 Å². The predicted molar refractivity (Wildman–Crippen MR) is 184 cm³/mol. The lowest BCUT2D eigenvalue weighted by atomic mass is 9.76. The first-order valence-electron chi connectivity index (χ1n) is 14.8. The predicted octanol–water partition coefficient (Wildman–Crippen LogP) is 8.80. The number of nitrogens with zero attached hydrogens (tertiary/aromatic N) is 1. The Morgan fingerprint density at radius 1 is 0.674 bits per heavy atom. The third-order valence-corrected chi connectivity index (χ3v) is 14.1. The van der Waals surface area contributed by atoms with E-state index >= 15 is 0 Å². The third-order valence-electron chi connectivity index (χ3n) is 8.92. The highest BCUT2D eigenvalue weighted by atomic mass is 35.5. The molecule has 0 aliphatic heterocycles. The number of fused-ring (bicyclic) bond motifs is 1. The van der Waals surface area contributed by atoms with Crippen LogP contribution in [0.5, 0.6) is 0 Å². The first-order valence-corrected chi connectivity index (χ1v) is 17.6. The number of rotatable bonds is 8. The number of carbonyl (C=O) groups is 1. The molecule has 43 heavy (non-hydrogen) atoms. The molecule has 5 aromatic rings. The molecule has 0 saturated carbocycles. The van der Waals surface area contributed by atoms with E-state index in [2.05, 4.69) is 121 Å². The summed E-state index contributed by atoms with van der Waals surface area (Å²) in [5, 5.41) is 5.05. The molecule has 1 aliphatic carbocycles. The van der Waals surface area contributed by atoms with Crippen LogP contribution in [-0.2, 0) is 4.79 Å². The minimum Gasteiger partial charge on any atom is -0.339 e. The molecular weight excluding hydrogens is 588 g/mol. The zero-order chi connectivity index (χ0) is 29.8. The van der Waals surface area contributed by atoms with Gasteiger partial charge in [0.1, 0.15) is 23.2 Å². The standard InChI is InChI=1S/C38H35Cl2NOP/c1-41(37-24-22-32(33-19-11-12-20-34(33)37)28-21-23-35(39)36(40)27-28)38(42)25-26-43(29-13-5-2-6-14-29,30-15-7-3-8-16-30)31-17-9-4-10-18-31/h2-21,23,27,32,37H,22,24-26H2,1H3/q+1/t32-,37-/m0/s1. The second kappa shape index (κ2) is 13.1. The normalized spacial score (nSPS) is 16.3. The minimum absolute atomic E-state index is 0.0284. The summed E-state index contributed by atoms with van der Waals surface area (Å²) in [5.74, 6) is 0.401.